The number of rotatable bonds is 5. The van der Waals surface area contributed by atoms with Gasteiger partial charge >= 0.3 is 0 Å². The van der Waals surface area contributed by atoms with E-state index in [0.717, 1.165) is 44.5 Å². The zero-order chi connectivity index (χ0) is 23.9. The molecule has 4 nitrogen and oxygen atoms in total. The number of aryl methyl sites for hydroxylation is 2. The van der Waals surface area contributed by atoms with Crippen molar-refractivity contribution in [3.8, 4) is 21.9 Å². The molecule has 5 aromatic rings. The van der Waals surface area contributed by atoms with Gasteiger partial charge in [-0.2, -0.15) is 0 Å². The summed E-state index contributed by atoms with van der Waals surface area (Å²) in [6, 6.07) is 24.3. The summed E-state index contributed by atoms with van der Waals surface area (Å²) in [6.45, 7) is 0. The highest BCUT2D eigenvalue weighted by Gasteiger charge is 2.25. The Labute approximate surface area is 219 Å². The van der Waals surface area contributed by atoms with Crippen LogP contribution in [0.3, 0.4) is 0 Å². The molecule has 0 N–H and O–H groups in total. The molecule has 0 unspecified atom stereocenters. The number of ether oxygens (including phenoxy) is 1. The number of benzene rings is 3. The Balaban J connectivity index is 1.53. The summed E-state index contributed by atoms with van der Waals surface area (Å²) >= 11 is 6.77. The lowest BCUT2D eigenvalue weighted by molar-refractivity contribution is 0.414. The molecule has 174 valence electrons. The lowest BCUT2D eigenvalue weighted by Crippen LogP contribution is -2.22. The van der Waals surface area contributed by atoms with Gasteiger partial charge in [0.1, 0.15) is 10.6 Å². The van der Waals surface area contributed by atoms with Gasteiger partial charge in [0.2, 0.25) is 0 Å². The third kappa shape index (κ3) is 4.11. The fraction of sp³-hybridized carbons (Fsp3) is 0.143. The van der Waals surface area contributed by atoms with E-state index in [9.17, 15) is 4.79 Å². The first-order chi connectivity index (χ1) is 17.1. The average molecular weight is 562 g/mol. The van der Waals surface area contributed by atoms with Gasteiger partial charge in [0.25, 0.3) is 5.56 Å². The van der Waals surface area contributed by atoms with Crippen molar-refractivity contribution in [2.24, 2.45) is 0 Å². The van der Waals surface area contributed by atoms with Gasteiger partial charge in [0.15, 0.2) is 5.16 Å². The fourth-order valence-electron chi connectivity index (χ4n) is 4.59. The molecule has 7 heteroatoms. The first-order valence-electron chi connectivity index (χ1n) is 11.3. The number of halogens is 1. The normalized spacial score (nSPS) is 12.4. The van der Waals surface area contributed by atoms with Crippen LogP contribution in [0.4, 0.5) is 0 Å². The third-order valence-electron chi connectivity index (χ3n) is 6.29. The van der Waals surface area contributed by atoms with Crippen LogP contribution in [0.15, 0.2) is 87.2 Å². The highest BCUT2D eigenvalue weighted by atomic mass is 79.9. The Kier molecular flexibility index (Phi) is 6.00. The molecule has 35 heavy (non-hydrogen) atoms. The quantitative estimate of drug-likeness (QED) is 0.167. The molecule has 6 rings (SSSR count). The number of methoxy groups -OCH3 is 1. The number of aromatic nitrogens is 2. The molecule has 3 aromatic carbocycles. The van der Waals surface area contributed by atoms with Gasteiger partial charge in [-0.1, -0.05) is 64.1 Å². The molecule has 0 fully saturated rings. The summed E-state index contributed by atoms with van der Waals surface area (Å²) in [5, 5.41) is 1.45. The molecule has 0 bridgehead atoms. The maximum Gasteiger partial charge on any atom is 0.267 e. The zero-order valence-corrected chi connectivity index (χ0v) is 22.2. The van der Waals surface area contributed by atoms with Gasteiger partial charge < -0.3 is 4.74 Å². The van der Waals surface area contributed by atoms with Crippen LogP contribution in [-0.2, 0) is 18.6 Å². The van der Waals surface area contributed by atoms with Crippen molar-refractivity contribution >= 4 is 49.2 Å². The van der Waals surface area contributed by atoms with Crippen LogP contribution in [0.2, 0.25) is 0 Å². The molecule has 1 aliphatic carbocycles. The van der Waals surface area contributed by atoms with Crippen LogP contribution in [0.1, 0.15) is 16.7 Å². The summed E-state index contributed by atoms with van der Waals surface area (Å²) in [4.78, 5) is 21.2. The number of fused-ring (bicyclic) bond motifs is 5. The summed E-state index contributed by atoms with van der Waals surface area (Å²) in [6.07, 6.45) is 1.80. The molecule has 2 aromatic heterocycles. The molecule has 0 saturated carbocycles. The first kappa shape index (κ1) is 22.6. The maximum atomic E-state index is 14.1. The molecule has 0 aliphatic heterocycles. The van der Waals surface area contributed by atoms with Crippen LogP contribution in [0.25, 0.3) is 26.3 Å². The summed E-state index contributed by atoms with van der Waals surface area (Å²) < 4.78 is 8.14. The molecular weight excluding hydrogens is 540 g/mol. The Morgan fingerprint density at radius 1 is 1.06 bits per heavy atom. The molecule has 0 amide bonds. The number of hydrogen-bond acceptors (Lipinski definition) is 5. The van der Waals surface area contributed by atoms with Crippen molar-refractivity contribution in [3.05, 3.63) is 104 Å². The second-order valence-electron chi connectivity index (χ2n) is 8.40. The van der Waals surface area contributed by atoms with E-state index < -0.39 is 0 Å². The van der Waals surface area contributed by atoms with Crippen molar-refractivity contribution in [1.82, 2.24) is 9.55 Å². The fourth-order valence-corrected chi connectivity index (χ4v) is 7.32. The summed E-state index contributed by atoms with van der Waals surface area (Å²) in [5.41, 5.74) is 5.65. The lowest BCUT2D eigenvalue weighted by atomic mass is 9.90. The largest absolute Gasteiger partial charge is 0.497 e. The summed E-state index contributed by atoms with van der Waals surface area (Å²) in [5.74, 6) is 1.46. The van der Waals surface area contributed by atoms with E-state index in [1.54, 1.807) is 34.8 Å². The molecule has 0 saturated heterocycles. The minimum Gasteiger partial charge on any atom is -0.497 e. The van der Waals surface area contributed by atoms with E-state index in [-0.39, 0.29) is 5.56 Å². The van der Waals surface area contributed by atoms with E-state index >= 15 is 0 Å². The van der Waals surface area contributed by atoms with E-state index in [1.165, 1.54) is 21.6 Å². The second kappa shape index (κ2) is 9.30. The number of thioether (sulfide) groups is 1. The van der Waals surface area contributed by atoms with Crippen LogP contribution in [0.5, 0.6) is 5.75 Å². The van der Waals surface area contributed by atoms with Gasteiger partial charge in [-0.05, 0) is 71.5 Å². The Morgan fingerprint density at radius 2 is 1.89 bits per heavy atom. The Morgan fingerprint density at radius 3 is 2.69 bits per heavy atom. The van der Waals surface area contributed by atoms with Crippen LogP contribution >= 0.6 is 39.0 Å². The van der Waals surface area contributed by atoms with Gasteiger partial charge in [-0.3, -0.25) is 9.36 Å². The zero-order valence-electron chi connectivity index (χ0n) is 19.0. The van der Waals surface area contributed by atoms with Gasteiger partial charge in [0, 0.05) is 15.1 Å². The number of hydrogen-bond donors (Lipinski definition) is 0. The maximum absolute atomic E-state index is 14.1. The number of nitrogens with zero attached hydrogens (tertiary/aromatic N) is 2. The minimum atomic E-state index is -0.00575. The highest BCUT2D eigenvalue weighted by Crippen LogP contribution is 2.43. The minimum absolute atomic E-state index is 0.00575. The van der Waals surface area contributed by atoms with Crippen LogP contribution in [0, 0.1) is 0 Å². The predicted octanol–water partition coefficient (Wildman–Crippen LogP) is 7.28. The standard InChI is InChI=1S/C28H21BrN2O2S2/c1-33-21-12-10-20(11-13-21)31-27(32)24-23-14-9-18-6-2-3-8-22(18)25(23)35-26(24)30-28(31)34-16-17-5-4-7-19(29)15-17/h2-8,10-13,15H,9,14,16H2,1H3. The average Bonchev–Trinajstić information content (AvgIpc) is 3.27. The monoisotopic (exact) mass is 560 g/mol. The van der Waals surface area contributed by atoms with E-state index in [0.29, 0.717) is 10.9 Å². The molecule has 0 spiro atoms. The predicted molar refractivity (Wildman–Crippen MR) is 148 cm³/mol. The number of thiophene rings is 1. The Hall–Kier alpha value is -2.87. The van der Waals surface area contributed by atoms with Gasteiger partial charge in [-0.25, -0.2) is 4.98 Å². The van der Waals surface area contributed by atoms with Gasteiger partial charge in [0.05, 0.1) is 18.2 Å². The first-order valence-corrected chi connectivity index (χ1v) is 13.9. The van der Waals surface area contributed by atoms with E-state index in [1.807, 2.05) is 36.4 Å². The Bertz CT molecular complexity index is 1620. The highest BCUT2D eigenvalue weighted by molar-refractivity contribution is 9.10. The topological polar surface area (TPSA) is 44.1 Å². The van der Waals surface area contributed by atoms with Crippen LogP contribution < -0.4 is 10.3 Å². The summed E-state index contributed by atoms with van der Waals surface area (Å²) in [7, 11) is 1.64. The van der Waals surface area contributed by atoms with Gasteiger partial charge in [-0.15, -0.1) is 11.3 Å². The lowest BCUT2D eigenvalue weighted by Gasteiger charge is -2.16. The molecule has 0 atom stereocenters. The van der Waals surface area contributed by atoms with E-state index in [2.05, 4.69) is 52.3 Å². The third-order valence-corrected chi connectivity index (χ3v) is 8.95. The smallest absolute Gasteiger partial charge is 0.267 e. The van der Waals surface area contributed by atoms with Crippen molar-refractivity contribution in [2.45, 2.75) is 23.8 Å². The van der Waals surface area contributed by atoms with Crippen molar-refractivity contribution in [1.29, 1.82) is 0 Å². The van der Waals surface area contributed by atoms with E-state index in [4.69, 9.17) is 9.72 Å². The molecule has 2 heterocycles. The van der Waals surface area contributed by atoms with Crippen molar-refractivity contribution in [2.75, 3.05) is 7.11 Å². The van der Waals surface area contributed by atoms with Crippen molar-refractivity contribution in [3.63, 3.8) is 0 Å². The van der Waals surface area contributed by atoms with Crippen molar-refractivity contribution < 1.29 is 4.74 Å². The van der Waals surface area contributed by atoms with Crippen LogP contribution in [-0.4, -0.2) is 16.7 Å². The second-order valence-corrected chi connectivity index (χ2v) is 11.3. The molecule has 0 radical (unpaired) electrons. The molecule has 1 aliphatic rings. The SMILES string of the molecule is COc1ccc(-n2c(SCc3cccc(Br)c3)nc3sc4c(c3c2=O)CCc2ccccc2-4)cc1. The molecular formula is C28H21BrN2O2S2.